The van der Waals surface area contributed by atoms with Crippen molar-refractivity contribution in [2.24, 2.45) is 0 Å². The number of alkyl halides is 2. The summed E-state index contributed by atoms with van der Waals surface area (Å²) in [5, 5.41) is -1.03. The van der Waals surface area contributed by atoms with Crippen LogP contribution >= 0.6 is 34.8 Å². The van der Waals surface area contributed by atoms with Crippen LogP contribution in [0.5, 0.6) is 11.5 Å². The third-order valence-corrected chi connectivity index (χ3v) is 2.23. The molecule has 15 heavy (non-hydrogen) atoms. The van der Waals surface area contributed by atoms with Crippen LogP contribution in [-0.2, 0) is 4.74 Å². The predicted octanol–water partition coefficient (Wildman–Crippen LogP) is 2.94. The van der Waals surface area contributed by atoms with Gasteiger partial charge >= 0.3 is 5.97 Å². The van der Waals surface area contributed by atoms with Crippen molar-refractivity contribution in [3.63, 3.8) is 0 Å². The van der Waals surface area contributed by atoms with Gasteiger partial charge in [-0.25, -0.2) is 4.79 Å². The molecule has 4 nitrogen and oxygen atoms in total. The molecule has 2 bridgehead atoms. The number of halogens is 3. The van der Waals surface area contributed by atoms with Gasteiger partial charge in [-0.3, -0.25) is 9.78 Å². The molecule has 1 aliphatic heterocycles. The molecule has 2 rings (SSSR count). The fourth-order valence-electron chi connectivity index (χ4n) is 1.08. The summed E-state index contributed by atoms with van der Waals surface area (Å²) < 4.78 is 4.55. The summed E-state index contributed by atoms with van der Waals surface area (Å²) >= 11 is 16.4. The van der Waals surface area contributed by atoms with Gasteiger partial charge in [-0.2, -0.15) is 0 Å². The fraction of sp³-hybridized carbons (Fsp3) is 0.125. The van der Waals surface area contributed by atoms with E-state index in [1.807, 2.05) is 0 Å². The second kappa shape index (κ2) is 3.96. The van der Waals surface area contributed by atoms with E-state index in [2.05, 4.69) is 4.74 Å². The second-order valence-electron chi connectivity index (χ2n) is 2.59. The lowest BCUT2D eigenvalue weighted by molar-refractivity contribution is -0.0853. The normalized spacial score (nSPS) is 12.3. The molecule has 0 amide bonds. The lowest BCUT2D eigenvalue weighted by Crippen LogP contribution is -2.09. The van der Waals surface area contributed by atoms with Crippen LogP contribution in [0.25, 0.3) is 0 Å². The minimum atomic E-state index is -1.24. The maximum Gasteiger partial charge on any atom is 0.344 e. The zero-order valence-electron chi connectivity index (χ0n) is 7.00. The Morgan fingerprint density at radius 2 is 2.07 bits per heavy atom. The predicted molar refractivity (Wildman–Crippen MR) is 53.6 cm³/mol. The van der Waals surface area contributed by atoms with Crippen LogP contribution < -0.4 is 9.78 Å². The van der Waals surface area contributed by atoms with Gasteiger partial charge in [-0.15, -0.1) is 0 Å². The van der Waals surface area contributed by atoms with E-state index in [4.69, 9.17) is 44.6 Å². The number of carbonyl (C=O) groups is 1. The third kappa shape index (κ3) is 1.93. The van der Waals surface area contributed by atoms with Gasteiger partial charge in [0.15, 0.2) is 0 Å². The van der Waals surface area contributed by atoms with Crippen LogP contribution in [0.15, 0.2) is 12.1 Å². The molecule has 1 aromatic carbocycles. The molecule has 1 heterocycles. The average molecular weight is 269 g/mol. The van der Waals surface area contributed by atoms with Crippen LogP contribution in [-0.4, -0.2) is 11.0 Å². The lowest BCUT2D eigenvalue weighted by Gasteiger charge is -2.04. The third-order valence-electron chi connectivity index (χ3n) is 1.69. The molecule has 1 aromatic rings. The van der Waals surface area contributed by atoms with Gasteiger partial charge in [0.25, 0.3) is 5.02 Å². The molecule has 0 unspecified atom stereocenters. The Morgan fingerprint density at radius 1 is 1.33 bits per heavy atom. The molecular weight excluding hydrogens is 266 g/mol. The highest BCUT2D eigenvalue weighted by Gasteiger charge is 2.28. The standard InChI is InChI=1S/C8H3Cl3O4/c9-5-4-2-1-3(6(5)15-14-4)7(12)13-8(10)11/h1-2,8H. The van der Waals surface area contributed by atoms with E-state index in [0.717, 1.165) is 0 Å². The fourth-order valence-corrected chi connectivity index (χ4v) is 1.47. The summed E-state index contributed by atoms with van der Waals surface area (Å²) in [6.45, 7) is 0. The Bertz CT molecular complexity index is 419. The van der Waals surface area contributed by atoms with Gasteiger partial charge < -0.3 is 4.74 Å². The van der Waals surface area contributed by atoms with Crippen molar-refractivity contribution >= 4 is 40.8 Å². The number of carbonyl (C=O) groups excluding carboxylic acids is 1. The Morgan fingerprint density at radius 3 is 2.73 bits per heavy atom. The van der Waals surface area contributed by atoms with E-state index in [9.17, 15) is 4.79 Å². The zero-order valence-corrected chi connectivity index (χ0v) is 9.27. The summed E-state index contributed by atoms with van der Waals surface area (Å²) in [5.41, 5.74) is 0.104. The van der Waals surface area contributed by atoms with Crippen LogP contribution in [0.4, 0.5) is 0 Å². The van der Waals surface area contributed by atoms with Crippen molar-refractivity contribution in [3.05, 3.63) is 22.7 Å². The second-order valence-corrected chi connectivity index (χ2v) is 3.98. The van der Waals surface area contributed by atoms with Gasteiger partial charge in [-0.1, -0.05) is 34.8 Å². The highest BCUT2D eigenvalue weighted by Crippen LogP contribution is 2.42. The first-order valence-electron chi connectivity index (χ1n) is 3.75. The molecule has 0 N–H and O–H groups in total. The largest absolute Gasteiger partial charge is 0.428 e. The van der Waals surface area contributed by atoms with Crippen LogP contribution in [0.1, 0.15) is 10.4 Å². The SMILES string of the molecule is O=C(OC(Cl)Cl)c1ccc2c(Cl)c1OO2. The van der Waals surface area contributed by atoms with E-state index in [0.29, 0.717) is 5.75 Å². The summed E-state index contributed by atoms with van der Waals surface area (Å²) in [4.78, 5) is 20.9. The molecule has 80 valence electrons. The highest BCUT2D eigenvalue weighted by molar-refractivity contribution is 6.43. The monoisotopic (exact) mass is 268 g/mol. The van der Waals surface area contributed by atoms with Gasteiger partial charge in [0, 0.05) is 0 Å². The van der Waals surface area contributed by atoms with Crippen molar-refractivity contribution in [2.75, 3.05) is 0 Å². The van der Waals surface area contributed by atoms with Gasteiger partial charge in [0.1, 0.15) is 10.6 Å². The Kier molecular flexibility index (Phi) is 2.82. The van der Waals surface area contributed by atoms with Crippen LogP contribution in [0.2, 0.25) is 5.02 Å². The average Bonchev–Trinajstić information content (AvgIpc) is 2.42. The molecule has 0 aliphatic carbocycles. The van der Waals surface area contributed by atoms with Crippen molar-refractivity contribution in [1.29, 1.82) is 0 Å². The molecule has 0 saturated heterocycles. The van der Waals surface area contributed by atoms with E-state index < -0.39 is 11.0 Å². The summed E-state index contributed by atoms with van der Waals surface area (Å²) in [6, 6.07) is 2.93. The smallest absolute Gasteiger partial charge is 0.344 e. The minimum Gasteiger partial charge on any atom is -0.428 e. The van der Waals surface area contributed by atoms with Crippen LogP contribution in [0.3, 0.4) is 0 Å². The first-order valence-corrected chi connectivity index (χ1v) is 5.01. The number of rotatable bonds is 2. The number of ether oxygens (including phenoxy) is 1. The molecule has 0 saturated carbocycles. The number of esters is 1. The van der Waals surface area contributed by atoms with Crippen molar-refractivity contribution < 1.29 is 19.3 Å². The number of fused-ring (bicyclic) bond motifs is 2. The maximum atomic E-state index is 11.4. The Hall–Kier alpha value is -0.840. The van der Waals surface area contributed by atoms with Crippen molar-refractivity contribution in [1.82, 2.24) is 0 Å². The summed E-state index contributed by atoms with van der Waals surface area (Å²) in [6.07, 6.45) is 0. The molecule has 7 heteroatoms. The first-order chi connectivity index (χ1) is 7.09. The first kappa shape index (κ1) is 10.7. The number of hydrogen-bond acceptors (Lipinski definition) is 4. The van der Waals surface area contributed by atoms with E-state index in [1.54, 1.807) is 0 Å². The molecule has 0 fully saturated rings. The van der Waals surface area contributed by atoms with E-state index in [-0.39, 0.29) is 16.3 Å². The topological polar surface area (TPSA) is 44.8 Å². The summed E-state index contributed by atoms with van der Waals surface area (Å²) in [5.74, 6) is -0.288. The van der Waals surface area contributed by atoms with E-state index in [1.165, 1.54) is 12.1 Å². The number of hydrogen-bond donors (Lipinski definition) is 0. The molecule has 0 atom stereocenters. The molecule has 0 spiro atoms. The molecule has 0 aromatic heterocycles. The van der Waals surface area contributed by atoms with Gasteiger partial charge in [0.2, 0.25) is 11.5 Å². The molecular formula is C8H3Cl3O4. The Labute approximate surface area is 99.5 Å². The summed E-state index contributed by atoms with van der Waals surface area (Å²) in [7, 11) is 0. The Balaban J connectivity index is 2.32. The molecule has 0 radical (unpaired) electrons. The molecule has 1 aliphatic rings. The van der Waals surface area contributed by atoms with Crippen molar-refractivity contribution in [2.45, 2.75) is 5.02 Å². The quantitative estimate of drug-likeness (QED) is 0.470. The number of benzene rings is 1. The van der Waals surface area contributed by atoms with Gasteiger partial charge in [-0.05, 0) is 12.1 Å². The lowest BCUT2D eigenvalue weighted by atomic mass is 10.2. The van der Waals surface area contributed by atoms with Crippen molar-refractivity contribution in [3.8, 4) is 11.5 Å². The minimum absolute atomic E-state index is 0.104. The maximum absolute atomic E-state index is 11.4. The zero-order chi connectivity index (χ0) is 11.0. The highest BCUT2D eigenvalue weighted by atomic mass is 35.5. The van der Waals surface area contributed by atoms with Gasteiger partial charge in [0.05, 0.1) is 0 Å². The van der Waals surface area contributed by atoms with E-state index >= 15 is 0 Å². The van der Waals surface area contributed by atoms with Crippen LogP contribution in [0, 0.1) is 0 Å².